The van der Waals surface area contributed by atoms with Crippen LogP contribution in [0.15, 0.2) is 18.2 Å². The molecule has 0 saturated carbocycles. The minimum atomic E-state index is -3.23. The fourth-order valence-electron chi connectivity index (χ4n) is 5.25. The highest BCUT2D eigenvalue weighted by atomic mass is 35.5. The van der Waals surface area contributed by atoms with Crippen LogP contribution in [-0.2, 0) is 16.4 Å². The Hall–Kier alpha value is -0.860. The molecule has 3 heterocycles. The maximum Gasteiger partial charge on any atom is 0.214 e. The fourth-order valence-corrected chi connectivity index (χ4v) is 7.09. The van der Waals surface area contributed by atoms with Crippen molar-refractivity contribution in [3.05, 3.63) is 29.3 Å². The van der Waals surface area contributed by atoms with Crippen molar-refractivity contribution in [1.29, 1.82) is 0 Å². The van der Waals surface area contributed by atoms with Gasteiger partial charge in [-0.15, -0.1) is 12.4 Å². The van der Waals surface area contributed by atoms with E-state index in [1.807, 2.05) is 10.4 Å². The van der Waals surface area contributed by atoms with Crippen molar-refractivity contribution in [2.75, 3.05) is 39.0 Å². The van der Waals surface area contributed by atoms with Crippen LogP contribution in [0.4, 0.5) is 0 Å². The van der Waals surface area contributed by atoms with Gasteiger partial charge in [0.05, 0.1) is 12.9 Å². The maximum atomic E-state index is 12.9. The minimum absolute atomic E-state index is 0. The number of ether oxygens (including phenoxy) is 1. The predicted molar refractivity (Wildman–Crippen MR) is 114 cm³/mol. The van der Waals surface area contributed by atoms with Gasteiger partial charge in [-0.05, 0) is 67.8 Å². The number of benzene rings is 1. The molecule has 28 heavy (non-hydrogen) atoms. The lowest BCUT2D eigenvalue weighted by atomic mass is 9.77. The molecular weight excluding hydrogens is 398 g/mol. The second-order valence-electron chi connectivity index (χ2n) is 8.10. The second-order valence-corrected chi connectivity index (χ2v) is 10.1. The molecular formula is C20H32ClN3O3S. The van der Waals surface area contributed by atoms with Crippen molar-refractivity contribution in [1.82, 2.24) is 9.21 Å². The zero-order chi connectivity index (χ0) is 19.0. The molecule has 4 rings (SSSR count). The molecule has 158 valence electrons. The summed E-state index contributed by atoms with van der Waals surface area (Å²) in [6.07, 6.45) is 4.57. The highest BCUT2D eigenvalue weighted by Crippen LogP contribution is 2.44. The number of nitrogens with zero attached hydrogens (tertiary/aromatic N) is 2. The van der Waals surface area contributed by atoms with E-state index in [0.29, 0.717) is 31.5 Å². The van der Waals surface area contributed by atoms with Gasteiger partial charge < -0.3 is 10.5 Å². The average molecular weight is 430 g/mol. The number of piperidine rings is 2. The Morgan fingerprint density at radius 2 is 2.11 bits per heavy atom. The first-order chi connectivity index (χ1) is 13.0. The highest BCUT2D eigenvalue weighted by Gasteiger charge is 2.45. The molecule has 0 radical (unpaired) electrons. The quantitative estimate of drug-likeness (QED) is 0.776. The van der Waals surface area contributed by atoms with Crippen LogP contribution < -0.4 is 10.5 Å². The molecule has 2 saturated heterocycles. The minimum Gasteiger partial charge on any atom is -0.497 e. The lowest BCUT2D eigenvalue weighted by Crippen LogP contribution is -2.57. The summed E-state index contributed by atoms with van der Waals surface area (Å²) in [5.74, 6) is 1.52. The van der Waals surface area contributed by atoms with E-state index in [0.717, 1.165) is 44.5 Å². The molecule has 3 aliphatic heterocycles. The third-order valence-corrected chi connectivity index (χ3v) is 8.56. The first kappa shape index (κ1) is 21.8. The zero-order valence-corrected chi connectivity index (χ0v) is 18.2. The number of sulfonamides is 1. The van der Waals surface area contributed by atoms with Gasteiger partial charge in [-0.3, -0.25) is 4.90 Å². The van der Waals surface area contributed by atoms with Crippen LogP contribution >= 0.6 is 12.4 Å². The van der Waals surface area contributed by atoms with Gasteiger partial charge in [0.25, 0.3) is 0 Å². The first-order valence-electron chi connectivity index (χ1n) is 10.1. The first-order valence-corrected chi connectivity index (χ1v) is 11.7. The molecule has 0 spiro atoms. The van der Waals surface area contributed by atoms with Gasteiger partial charge in [-0.25, -0.2) is 8.42 Å². The highest BCUT2D eigenvalue weighted by molar-refractivity contribution is 7.89. The van der Waals surface area contributed by atoms with Crippen LogP contribution in [0.2, 0.25) is 0 Å². The molecule has 1 aromatic carbocycles. The summed E-state index contributed by atoms with van der Waals surface area (Å²) in [4.78, 5) is 2.58. The van der Waals surface area contributed by atoms with Gasteiger partial charge >= 0.3 is 0 Å². The number of methoxy groups -OCH3 is 1. The van der Waals surface area contributed by atoms with Gasteiger partial charge in [0, 0.05) is 31.7 Å². The molecule has 3 aliphatic rings. The van der Waals surface area contributed by atoms with Crippen LogP contribution in [0, 0.1) is 5.92 Å². The Morgan fingerprint density at radius 3 is 2.86 bits per heavy atom. The number of halogens is 1. The Balaban J connectivity index is 0.00000225. The number of hydrogen-bond acceptors (Lipinski definition) is 5. The topological polar surface area (TPSA) is 75.9 Å². The number of fused-ring (bicyclic) bond motifs is 4. The third kappa shape index (κ3) is 4.05. The smallest absolute Gasteiger partial charge is 0.214 e. The number of nitrogens with two attached hydrogens (primary N) is 1. The molecule has 2 fully saturated rings. The molecule has 0 aromatic heterocycles. The summed E-state index contributed by atoms with van der Waals surface area (Å²) in [5, 5.41) is 0. The van der Waals surface area contributed by atoms with Gasteiger partial charge in [0.2, 0.25) is 10.0 Å². The van der Waals surface area contributed by atoms with Crippen molar-refractivity contribution >= 4 is 22.4 Å². The Labute approximate surface area is 174 Å². The van der Waals surface area contributed by atoms with Crippen molar-refractivity contribution in [2.45, 2.75) is 44.2 Å². The van der Waals surface area contributed by atoms with Crippen molar-refractivity contribution < 1.29 is 13.2 Å². The monoisotopic (exact) mass is 429 g/mol. The van der Waals surface area contributed by atoms with E-state index in [-0.39, 0.29) is 24.2 Å². The van der Waals surface area contributed by atoms with E-state index in [2.05, 4.69) is 17.0 Å². The molecule has 6 nitrogen and oxygen atoms in total. The van der Waals surface area contributed by atoms with Crippen LogP contribution in [0.1, 0.15) is 42.9 Å². The molecule has 8 heteroatoms. The largest absolute Gasteiger partial charge is 0.497 e. The van der Waals surface area contributed by atoms with E-state index in [4.69, 9.17) is 10.5 Å². The normalized spacial score (nSPS) is 27.9. The van der Waals surface area contributed by atoms with Gasteiger partial charge in [-0.1, -0.05) is 6.07 Å². The maximum absolute atomic E-state index is 12.9. The second kappa shape index (κ2) is 8.88. The number of rotatable bonds is 5. The summed E-state index contributed by atoms with van der Waals surface area (Å²) in [7, 11) is -1.52. The van der Waals surface area contributed by atoms with Gasteiger partial charge in [0.15, 0.2) is 0 Å². The molecule has 2 N–H and O–H groups in total. The Bertz CT molecular complexity index is 789. The molecule has 0 aliphatic carbocycles. The standard InChI is InChI=1S/C20H31N3O3S.ClH/c1-26-17-5-6-18-15(12-17)7-10-22-14-16-4-2-9-23(19(16)13-20(18)22)27(24,25)11-3-8-21;/h5-6,12,16,19-20H,2-4,7-11,13-14,21H2,1H3;1H/t16-,19+,20+;/m1./s1. The van der Waals surface area contributed by atoms with Crippen LogP contribution in [0.25, 0.3) is 0 Å². The Kier molecular flexibility index (Phi) is 6.92. The third-order valence-electron chi connectivity index (χ3n) is 6.58. The van der Waals surface area contributed by atoms with Gasteiger partial charge in [-0.2, -0.15) is 4.31 Å². The van der Waals surface area contributed by atoms with Crippen molar-refractivity contribution in [3.8, 4) is 5.75 Å². The number of hydrogen-bond donors (Lipinski definition) is 1. The summed E-state index contributed by atoms with van der Waals surface area (Å²) >= 11 is 0. The van der Waals surface area contributed by atoms with Gasteiger partial charge in [0.1, 0.15) is 5.75 Å². The SMILES string of the molecule is COc1ccc2c(c1)CCN1C[C@H]3CCCN(S(=O)(=O)CCCN)[C@H]3C[C@@H]21.Cl. The van der Waals surface area contributed by atoms with Crippen molar-refractivity contribution in [3.63, 3.8) is 0 Å². The lowest BCUT2D eigenvalue weighted by molar-refractivity contribution is 0.0219. The van der Waals surface area contributed by atoms with Crippen LogP contribution in [0.3, 0.4) is 0 Å². The predicted octanol–water partition coefficient (Wildman–Crippen LogP) is 2.18. The molecule has 0 unspecified atom stereocenters. The molecule has 0 amide bonds. The molecule has 0 bridgehead atoms. The summed E-state index contributed by atoms with van der Waals surface area (Å²) in [6, 6.07) is 6.80. The van der Waals surface area contributed by atoms with E-state index in [9.17, 15) is 8.42 Å². The van der Waals surface area contributed by atoms with Crippen molar-refractivity contribution in [2.24, 2.45) is 11.7 Å². The average Bonchev–Trinajstić information content (AvgIpc) is 2.69. The Morgan fingerprint density at radius 1 is 1.29 bits per heavy atom. The zero-order valence-electron chi connectivity index (χ0n) is 16.5. The van der Waals surface area contributed by atoms with E-state index in [1.165, 1.54) is 11.1 Å². The van der Waals surface area contributed by atoms with Crippen LogP contribution in [0.5, 0.6) is 5.75 Å². The summed E-state index contributed by atoms with van der Waals surface area (Å²) in [6.45, 7) is 3.14. The fraction of sp³-hybridized carbons (Fsp3) is 0.700. The summed E-state index contributed by atoms with van der Waals surface area (Å²) in [5.41, 5.74) is 8.26. The lowest BCUT2D eigenvalue weighted by Gasteiger charge is -2.51. The van der Waals surface area contributed by atoms with Crippen LogP contribution in [-0.4, -0.2) is 62.7 Å². The van der Waals surface area contributed by atoms with E-state index < -0.39 is 10.0 Å². The van der Waals surface area contributed by atoms with E-state index in [1.54, 1.807) is 7.11 Å². The molecule has 1 aromatic rings. The summed E-state index contributed by atoms with van der Waals surface area (Å²) < 4.78 is 33.1. The molecule has 3 atom stereocenters. The van der Waals surface area contributed by atoms with E-state index >= 15 is 0 Å².